The third-order valence-electron chi connectivity index (χ3n) is 3.75. The summed E-state index contributed by atoms with van der Waals surface area (Å²) in [5, 5.41) is 10.2. The first-order valence-electron chi connectivity index (χ1n) is 7.78. The lowest BCUT2D eigenvalue weighted by Gasteiger charge is -2.11. The first kappa shape index (κ1) is 16.0. The number of Topliss-reactive ketones (excluding diaryl/α,β-unsaturated/α-hetero) is 1. The lowest BCUT2D eigenvalue weighted by molar-refractivity contribution is 0.0747. The Balaban J connectivity index is 1.64. The average Bonchev–Trinajstić information content (AvgIpc) is 2.67. The number of rotatable bonds is 6. The van der Waals surface area contributed by atoms with E-state index in [1.807, 2.05) is 36.4 Å². The molecule has 3 nitrogen and oxygen atoms in total. The molecule has 0 fully saturated rings. The van der Waals surface area contributed by atoms with E-state index in [4.69, 9.17) is 4.74 Å². The molecule has 3 aromatic carbocycles. The highest BCUT2D eigenvalue weighted by molar-refractivity contribution is 5.99. The molecule has 3 aromatic rings. The number of hydrogen-bond acceptors (Lipinski definition) is 3. The van der Waals surface area contributed by atoms with Crippen LogP contribution in [0.1, 0.15) is 27.6 Å². The lowest BCUT2D eigenvalue weighted by atomic mass is 10.00. The van der Waals surface area contributed by atoms with E-state index >= 15 is 0 Å². The third-order valence-corrected chi connectivity index (χ3v) is 3.75. The second-order valence-corrected chi connectivity index (χ2v) is 5.48. The number of benzene rings is 3. The molecule has 0 spiro atoms. The molecule has 3 rings (SSSR count). The van der Waals surface area contributed by atoms with Gasteiger partial charge in [-0.3, -0.25) is 4.79 Å². The van der Waals surface area contributed by atoms with E-state index in [0.29, 0.717) is 23.5 Å². The van der Waals surface area contributed by atoms with E-state index in [1.165, 1.54) is 0 Å². The minimum atomic E-state index is -1.15. The molecule has 0 saturated heterocycles. The number of aliphatic hydroxyl groups is 1. The highest BCUT2D eigenvalue weighted by atomic mass is 16.5. The van der Waals surface area contributed by atoms with E-state index in [0.717, 1.165) is 5.56 Å². The summed E-state index contributed by atoms with van der Waals surface area (Å²) in [6, 6.07) is 25.6. The molecular formula is C21H18O3. The maximum absolute atomic E-state index is 12.3. The zero-order chi connectivity index (χ0) is 16.8. The van der Waals surface area contributed by atoms with Gasteiger partial charge < -0.3 is 9.84 Å². The molecule has 0 heterocycles. The van der Waals surface area contributed by atoms with Crippen LogP contribution in [0.5, 0.6) is 5.75 Å². The van der Waals surface area contributed by atoms with Crippen molar-refractivity contribution in [2.24, 2.45) is 0 Å². The quantitative estimate of drug-likeness (QED) is 0.694. The van der Waals surface area contributed by atoms with Crippen LogP contribution in [0, 0.1) is 0 Å². The van der Waals surface area contributed by atoms with Crippen molar-refractivity contribution >= 4 is 5.78 Å². The Morgan fingerprint density at radius 2 is 1.42 bits per heavy atom. The van der Waals surface area contributed by atoms with Gasteiger partial charge in [0, 0.05) is 5.56 Å². The fraction of sp³-hybridized carbons (Fsp3) is 0.0952. The second-order valence-electron chi connectivity index (χ2n) is 5.48. The molecule has 0 aliphatic heterocycles. The van der Waals surface area contributed by atoms with Crippen molar-refractivity contribution in [2.45, 2.75) is 12.7 Å². The molecule has 0 amide bonds. The van der Waals surface area contributed by atoms with Crippen molar-refractivity contribution in [1.82, 2.24) is 0 Å². The van der Waals surface area contributed by atoms with Crippen LogP contribution >= 0.6 is 0 Å². The number of ether oxygens (including phenoxy) is 1. The van der Waals surface area contributed by atoms with Crippen molar-refractivity contribution in [3.63, 3.8) is 0 Å². The Morgan fingerprint density at radius 3 is 2.04 bits per heavy atom. The molecular weight excluding hydrogens is 300 g/mol. The maximum Gasteiger partial charge on any atom is 0.195 e. The fourth-order valence-corrected chi connectivity index (χ4v) is 2.40. The van der Waals surface area contributed by atoms with Gasteiger partial charge in [-0.15, -0.1) is 0 Å². The Bertz CT molecular complexity index is 780. The average molecular weight is 318 g/mol. The summed E-state index contributed by atoms with van der Waals surface area (Å²) >= 11 is 0. The van der Waals surface area contributed by atoms with Crippen molar-refractivity contribution in [3.05, 3.63) is 102 Å². The number of aliphatic hydroxyl groups excluding tert-OH is 1. The summed E-state index contributed by atoms with van der Waals surface area (Å²) in [7, 11) is 0. The van der Waals surface area contributed by atoms with Gasteiger partial charge >= 0.3 is 0 Å². The van der Waals surface area contributed by atoms with Crippen molar-refractivity contribution in [3.8, 4) is 5.75 Å². The molecule has 1 N–H and O–H groups in total. The summed E-state index contributed by atoms with van der Waals surface area (Å²) in [4.78, 5) is 12.3. The predicted molar refractivity (Wildman–Crippen MR) is 92.9 cm³/mol. The zero-order valence-electron chi connectivity index (χ0n) is 13.1. The van der Waals surface area contributed by atoms with E-state index < -0.39 is 6.10 Å². The van der Waals surface area contributed by atoms with Crippen LogP contribution in [0.2, 0.25) is 0 Å². The molecule has 24 heavy (non-hydrogen) atoms. The highest BCUT2D eigenvalue weighted by Gasteiger charge is 2.18. The molecule has 0 aliphatic rings. The Kier molecular flexibility index (Phi) is 5.04. The molecule has 0 aliphatic carbocycles. The SMILES string of the molecule is O=C(c1ccc(OCc2ccccc2)cc1)C(O)c1ccccc1. The maximum atomic E-state index is 12.3. The van der Waals surface area contributed by atoms with E-state index in [2.05, 4.69) is 0 Å². The van der Waals surface area contributed by atoms with Crippen LogP contribution < -0.4 is 4.74 Å². The second kappa shape index (κ2) is 7.57. The van der Waals surface area contributed by atoms with Gasteiger partial charge in [0.05, 0.1) is 0 Å². The minimum absolute atomic E-state index is 0.323. The van der Waals surface area contributed by atoms with Crippen molar-refractivity contribution < 1.29 is 14.6 Å². The molecule has 1 atom stereocenters. The van der Waals surface area contributed by atoms with Crippen LogP contribution in [-0.2, 0) is 6.61 Å². The largest absolute Gasteiger partial charge is 0.489 e. The van der Waals surface area contributed by atoms with Crippen LogP contribution in [0.4, 0.5) is 0 Å². The summed E-state index contributed by atoms with van der Waals surface area (Å²) in [6.07, 6.45) is -1.15. The van der Waals surface area contributed by atoms with Crippen LogP contribution in [0.15, 0.2) is 84.9 Å². The monoisotopic (exact) mass is 318 g/mol. The number of ketones is 1. The molecule has 0 saturated carbocycles. The predicted octanol–water partition coefficient (Wildman–Crippen LogP) is 4.18. The van der Waals surface area contributed by atoms with Gasteiger partial charge in [-0.05, 0) is 35.4 Å². The van der Waals surface area contributed by atoms with Gasteiger partial charge in [-0.25, -0.2) is 0 Å². The van der Waals surface area contributed by atoms with Gasteiger partial charge in [-0.2, -0.15) is 0 Å². The smallest absolute Gasteiger partial charge is 0.195 e. The number of carbonyl (C=O) groups is 1. The topological polar surface area (TPSA) is 46.5 Å². The Hall–Kier alpha value is -2.91. The van der Waals surface area contributed by atoms with Gasteiger partial charge in [0.1, 0.15) is 18.5 Å². The summed E-state index contributed by atoms with van der Waals surface area (Å²) in [5.74, 6) is 0.361. The first-order chi connectivity index (χ1) is 11.7. The lowest BCUT2D eigenvalue weighted by Crippen LogP contribution is -2.12. The van der Waals surface area contributed by atoms with Gasteiger partial charge in [0.25, 0.3) is 0 Å². The summed E-state index contributed by atoms with van der Waals surface area (Å²) < 4.78 is 5.70. The van der Waals surface area contributed by atoms with Crippen LogP contribution in [0.3, 0.4) is 0 Å². The molecule has 3 heteroatoms. The Morgan fingerprint density at radius 1 is 0.833 bits per heavy atom. The molecule has 0 bridgehead atoms. The zero-order valence-corrected chi connectivity index (χ0v) is 13.1. The van der Waals surface area contributed by atoms with E-state index in [1.54, 1.807) is 48.5 Å². The van der Waals surface area contributed by atoms with Crippen LogP contribution in [-0.4, -0.2) is 10.9 Å². The van der Waals surface area contributed by atoms with Gasteiger partial charge in [0.15, 0.2) is 5.78 Å². The van der Waals surface area contributed by atoms with E-state index in [9.17, 15) is 9.90 Å². The molecule has 0 radical (unpaired) electrons. The standard InChI is InChI=1S/C21H18O3/c22-20(17-9-5-2-6-10-17)21(23)18-11-13-19(14-12-18)24-15-16-7-3-1-4-8-16/h1-14,20,22H,15H2. The van der Waals surface area contributed by atoms with Gasteiger partial charge in [0.2, 0.25) is 0 Å². The first-order valence-corrected chi connectivity index (χ1v) is 7.78. The number of carbonyl (C=O) groups excluding carboxylic acids is 1. The van der Waals surface area contributed by atoms with Crippen molar-refractivity contribution in [1.29, 1.82) is 0 Å². The normalized spacial score (nSPS) is 11.7. The summed E-state index contributed by atoms with van der Waals surface area (Å²) in [5.41, 5.74) is 2.13. The highest BCUT2D eigenvalue weighted by Crippen LogP contribution is 2.20. The molecule has 120 valence electrons. The fourth-order valence-electron chi connectivity index (χ4n) is 2.40. The number of hydrogen-bond donors (Lipinski definition) is 1. The van der Waals surface area contributed by atoms with Crippen molar-refractivity contribution in [2.75, 3.05) is 0 Å². The minimum Gasteiger partial charge on any atom is -0.489 e. The van der Waals surface area contributed by atoms with E-state index in [-0.39, 0.29) is 5.78 Å². The van der Waals surface area contributed by atoms with Gasteiger partial charge in [-0.1, -0.05) is 60.7 Å². The molecule has 1 unspecified atom stereocenters. The molecule has 0 aromatic heterocycles. The third kappa shape index (κ3) is 3.89. The van der Waals surface area contributed by atoms with Crippen LogP contribution in [0.25, 0.3) is 0 Å². The summed E-state index contributed by atoms with van der Waals surface area (Å²) in [6.45, 7) is 0.473. The Labute approximate surface area is 141 Å².